The fourth-order valence-electron chi connectivity index (χ4n) is 3.83. The van der Waals surface area contributed by atoms with Gasteiger partial charge in [-0.3, -0.25) is 15.0 Å². The van der Waals surface area contributed by atoms with Crippen LogP contribution in [0.15, 0.2) is 24.3 Å². The molecule has 7 nitrogen and oxygen atoms in total. The van der Waals surface area contributed by atoms with Crippen molar-refractivity contribution in [3.63, 3.8) is 0 Å². The summed E-state index contributed by atoms with van der Waals surface area (Å²) in [5, 5.41) is 3.65. The number of para-hydroxylation sites is 1. The van der Waals surface area contributed by atoms with E-state index in [-0.39, 0.29) is 18.4 Å². The molecule has 1 saturated carbocycles. The average Bonchev–Trinajstić information content (AvgIpc) is 2.85. The third-order valence-electron chi connectivity index (χ3n) is 5.28. The number of urea groups is 1. The Hall–Kier alpha value is -2.57. The van der Waals surface area contributed by atoms with E-state index < -0.39 is 11.6 Å². The molecule has 1 aromatic rings. The summed E-state index contributed by atoms with van der Waals surface area (Å²) < 4.78 is 0. The molecular formula is C19H26N4O3. The Labute approximate surface area is 153 Å². The van der Waals surface area contributed by atoms with Crippen LogP contribution >= 0.6 is 0 Å². The fraction of sp³-hybridized carbons (Fsp3) is 0.526. The largest absolute Gasteiger partial charge is 0.362 e. The molecule has 2 aliphatic rings. The lowest BCUT2D eigenvalue weighted by Crippen LogP contribution is -2.52. The van der Waals surface area contributed by atoms with E-state index in [1.807, 2.05) is 43.0 Å². The highest BCUT2D eigenvalue weighted by Gasteiger charge is 2.52. The highest BCUT2D eigenvalue weighted by atomic mass is 16.2. The van der Waals surface area contributed by atoms with Crippen LogP contribution < -0.4 is 15.6 Å². The van der Waals surface area contributed by atoms with Crippen LogP contribution in [0.1, 0.15) is 44.6 Å². The predicted molar refractivity (Wildman–Crippen MR) is 98.4 cm³/mol. The minimum atomic E-state index is -0.830. The Kier molecular flexibility index (Phi) is 5.15. The van der Waals surface area contributed by atoms with Crippen LogP contribution in [0.4, 0.5) is 10.5 Å². The van der Waals surface area contributed by atoms with E-state index in [1.165, 1.54) is 0 Å². The zero-order valence-electron chi connectivity index (χ0n) is 15.4. The number of rotatable bonds is 5. The molecule has 1 heterocycles. The number of nitrogens with zero attached hydrogens (tertiary/aromatic N) is 2. The van der Waals surface area contributed by atoms with Crippen LogP contribution in [0, 0.1) is 6.92 Å². The zero-order valence-corrected chi connectivity index (χ0v) is 15.4. The number of hydrazine groups is 1. The van der Waals surface area contributed by atoms with Crippen molar-refractivity contribution in [2.24, 2.45) is 0 Å². The molecule has 140 valence electrons. The molecule has 0 radical (unpaired) electrons. The molecule has 2 N–H and O–H groups in total. The predicted octanol–water partition coefficient (Wildman–Crippen LogP) is 2.11. The number of carbonyl (C=O) groups is 3. The van der Waals surface area contributed by atoms with Gasteiger partial charge in [0.1, 0.15) is 5.54 Å². The number of imide groups is 1. The van der Waals surface area contributed by atoms with Gasteiger partial charge in [0.05, 0.1) is 6.54 Å². The van der Waals surface area contributed by atoms with Crippen molar-refractivity contribution >= 4 is 23.5 Å². The van der Waals surface area contributed by atoms with Crippen LogP contribution in [-0.2, 0) is 9.59 Å². The molecule has 0 unspecified atom stereocenters. The SMILES string of the molecule is CCN(CC(=O)NN1C(=O)NC2(CCCCC2)C1=O)c1ccccc1C. The lowest BCUT2D eigenvalue weighted by Gasteiger charge is -2.30. The van der Waals surface area contributed by atoms with Crippen molar-refractivity contribution in [2.45, 2.75) is 51.5 Å². The summed E-state index contributed by atoms with van der Waals surface area (Å²) in [6.07, 6.45) is 4.15. The second-order valence-corrected chi connectivity index (χ2v) is 7.05. The molecule has 1 saturated heterocycles. The highest BCUT2D eigenvalue weighted by Crippen LogP contribution is 2.33. The molecule has 4 amide bonds. The maximum absolute atomic E-state index is 12.7. The Morgan fingerprint density at radius 3 is 2.58 bits per heavy atom. The number of carbonyl (C=O) groups excluding carboxylic acids is 3. The van der Waals surface area contributed by atoms with Crippen LogP contribution in [0.3, 0.4) is 0 Å². The minimum Gasteiger partial charge on any atom is -0.362 e. The van der Waals surface area contributed by atoms with E-state index in [0.29, 0.717) is 19.4 Å². The number of hydrogen-bond donors (Lipinski definition) is 2. The summed E-state index contributed by atoms with van der Waals surface area (Å²) in [4.78, 5) is 39.4. The highest BCUT2D eigenvalue weighted by molar-refractivity contribution is 6.08. The number of hydrogen-bond acceptors (Lipinski definition) is 4. The molecule has 26 heavy (non-hydrogen) atoms. The molecule has 1 aliphatic carbocycles. The van der Waals surface area contributed by atoms with Gasteiger partial charge in [0.25, 0.3) is 11.8 Å². The van der Waals surface area contributed by atoms with Gasteiger partial charge in [0.15, 0.2) is 0 Å². The van der Waals surface area contributed by atoms with Gasteiger partial charge in [0.2, 0.25) is 0 Å². The smallest absolute Gasteiger partial charge is 0.344 e. The quantitative estimate of drug-likeness (QED) is 0.790. The van der Waals surface area contributed by atoms with E-state index in [9.17, 15) is 14.4 Å². The Morgan fingerprint density at radius 2 is 1.92 bits per heavy atom. The number of likely N-dealkylation sites (N-methyl/N-ethyl adjacent to an activating group) is 1. The average molecular weight is 358 g/mol. The van der Waals surface area contributed by atoms with E-state index in [0.717, 1.165) is 35.5 Å². The zero-order chi connectivity index (χ0) is 18.7. The Balaban J connectivity index is 1.67. The number of amides is 4. The first-order valence-electron chi connectivity index (χ1n) is 9.23. The lowest BCUT2D eigenvalue weighted by atomic mass is 9.82. The molecule has 7 heteroatoms. The van der Waals surface area contributed by atoms with E-state index in [4.69, 9.17) is 0 Å². The molecular weight excluding hydrogens is 332 g/mol. The molecule has 2 fully saturated rings. The van der Waals surface area contributed by atoms with Gasteiger partial charge >= 0.3 is 6.03 Å². The molecule has 1 aromatic carbocycles. The van der Waals surface area contributed by atoms with Crippen LogP contribution in [0.2, 0.25) is 0 Å². The summed E-state index contributed by atoms with van der Waals surface area (Å²) in [5.74, 6) is -0.721. The molecule has 0 atom stereocenters. The monoisotopic (exact) mass is 358 g/mol. The van der Waals surface area contributed by atoms with E-state index >= 15 is 0 Å². The number of nitrogens with one attached hydrogen (secondary N) is 2. The maximum atomic E-state index is 12.7. The first-order chi connectivity index (χ1) is 12.5. The van der Waals surface area contributed by atoms with Gasteiger partial charge in [-0.15, -0.1) is 0 Å². The second-order valence-electron chi connectivity index (χ2n) is 7.05. The summed E-state index contributed by atoms with van der Waals surface area (Å²) in [7, 11) is 0. The number of benzene rings is 1. The summed E-state index contributed by atoms with van der Waals surface area (Å²) in [6, 6.07) is 7.28. The van der Waals surface area contributed by atoms with Crippen molar-refractivity contribution in [3.05, 3.63) is 29.8 Å². The number of aryl methyl sites for hydroxylation is 1. The van der Waals surface area contributed by atoms with Gasteiger partial charge in [0, 0.05) is 12.2 Å². The van der Waals surface area contributed by atoms with Crippen molar-refractivity contribution in [3.8, 4) is 0 Å². The maximum Gasteiger partial charge on any atom is 0.344 e. The topological polar surface area (TPSA) is 81.8 Å². The van der Waals surface area contributed by atoms with Crippen LogP contribution in [-0.4, -0.2) is 41.5 Å². The summed E-state index contributed by atoms with van der Waals surface area (Å²) >= 11 is 0. The van der Waals surface area contributed by atoms with Gasteiger partial charge < -0.3 is 10.2 Å². The van der Waals surface area contributed by atoms with Crippen LogP contribution in [0.5, 0.6) is 0 Å². The standard InChI is InChI=1S/C19H26N4O3/c1-3-22(15-10-6-5-9-14(15)2)13-16(24)21-23-17(25)19(20-18(23)26)11-7-4-8-12-19/h5-6,9-10H,3-4,7-8,11-13H2,1-2H3,(H,20,26)(H,21,24). The van der Waals surface area contributed by atoms with Crippen molar-refractivity contribution < 1.29 is 14.4 Å². The van der Waals surface area contributed by atoms with Crippen molar-refractivity contribution in [1.82, 2.24) is 15.8 Å². The van der Waals surface area contributed by atoms with Gasteiger partial charge in [-0.1, -0.05) is 37.5 Å². The first-order valence-corrected chi connectivity index (χ1v) is 9.23. The van der Waals surface area contributed by atoms with Crippen LogP contribution in [0.25, 0.3) is 0 Å². The van der Waals surface area contributed by atoms with Gasteiger partial charge in [-0.05, 0) is 38.3 Å². The summed E-state index contributed by atoms with van der Waals surface area (Å²) in [5.41, 5.74) is 3.70. The normalized spacial score (nSPS) is 18.8. The molecule has 1 spiro atoms. The lowest BCUT2D eigenvalue weighted by molar-refractivity contribution is -0.139. The van der Waals surface area contributed by atoms with Crippen molar-refractivity contribution in [1.29, 1.82) is 0 Å². The van der Waals surface area contributed by atoms with E-state index in [1.54, 1.807) is 0 Å². The summed E-state index contributed by atoms with van der Waals surface area (Å²) in [6.45, 7) is 4.67. The molecule has 0 aromatic heterocycles. The fourth-order valence-corrected chi connectivity index (χ4v) is 3.83. The first kappa shape index (κ1) is 18.2. The second kappa shape index (κ2) is 7.35. The third kappa shape index (κ3) is 3.38. The minimum absolute atomic E-state index is 0.0748. The molecule has 3 rings (SSSR count). The van der Waals surface area contributed by atoms with Gasteiger partial charge in [-0.25, -0.2) is 4.79 Å². The Bertz CT molecular complexity index is 712. The van der Waals surface area contributed by atoms with Crippen molar-refractivity contribution in [2.75, 3.05) is 18.0 Å². The van der Waals surface area contributed by atoms with E-state index in [2.05, 4.69) is 10.7 Å². The molecule has 1 aliphatic heterocycles. The van der Waals surface area contributed by atoms with Gasteiger partial charge in [-0.2, -0.15) is 5.01 Å². The number of anilines is 1. The molecule has 0 bridgehead atoms. The third-order valence-corrected chi connectivity index (χ3v) is 5.28. The Morgan fingerprint density at radius 1 is 1.23 bits per heavy atom.